The monoisotopic (exact) mass is 322 g/mol. The minimum atomic E-state index is -0.465. The Bertz CT molecular complexity index is 596. The first-order valence-electron chi connectivity index (χ1n) is 6.24. The van der Waals surface area contributed by atoms with Crippen LogP contribution in [0.15, 0.2) is 29.0 Å². The summed E-state index contributed by atoms with van der Waals surface area (Å²) in [5.41, 5.74) is 2.04. The maximum absolute atomic E-state index is 9.64. The molecule has 0 aliphatic carbocycles. The maximum Gasteiger partial charge on any atom is 0.152 e. The highest BCUT2D eigenvalue weighted by Gasteiger charge is 2.18. The quantitative estimate of drug-likeness (QED) is 0.920. The molecule has 1 aromatic heterocycles. The van der Waals surface area contributed by atoms with Crippen molar-refractivity contribution < 1.29 is 5.11 Å². The number of aromatic nitrogens is 3. The number of fused-ring (bicyclic) bond motifs is 1. The lowest BCUT2D eigenvalue weighted by Gasteiger charge is -2.29. The SMILES string of the molecule is CC(O)c1ccc(N2CCn3cnnc3C2)cc1Br. The molecule has 1 aromatic carbocycles. The third-order valence-electron chi connectivity index (χ3n) is 3.44. The van der Waals surface area contributed by atoms with E-state index in [0.29, 0.717) is 0 Å². The Labute approximate surface area is 120 Å². The van der Waals surface area contributed by atoms with E-state index in [-0.39, 0.29) is 0 Å². The predicted molar refractivity (Wildman–Crippen MR) is 75.8 cm³/mol. The van der Waals surface area contributed by atoms with E-state index in [0.717, 1.165) is 41.2 Å². The fourth-order valence-electron chi connectivity index (χ4n) is 2.34. The second kappa shape index (κ2) is 4.94. The van der Waals surface area contributed by atoms with Gasteiger partial charge in [-0.3, -0.25) is 0 Å². The predicted octanol–water partition coefficient (Wildman–Crippen LogP) is 2.11. The van der Waals surface area contributed by atoms with Gasteiger partial charge >= 0.3 is 0 Å². The van der Waals surface area contributed by atoms with Gasteiger partial charge in [0.05, 0.1) is 12.6 Å². The summed E-state index contributed by atoms with van der Waals surface area (Å²) in [5, 5.41) is 17.7. The fourth-order valence-corrected chi connectivity index (χ4v) is 3.04. The third kappa shape index (κ3) is 2.37. The van der Waals surface area contributed by atoms with Crippen LogP contribution in [0.1, 0.15) is 24.4 Å². The Kier molecular flexibility index (Phi) is 3.28. The van der Waals surface area contributed by atoms with E-state index in [9.17, 15) is 5.11 Å². The molecular weight excluding hydrogens is 308 g/mol. The van der Waals surface area contributed by atoms with Crippen LogP contribution in [0, 0.1) is 0 Å². The van der Waals surface area contributed by atoms with Crippen molar-refractivity contribution in [1.29, 1.82) is 0 Å². The molecule has 1 unspecified atom stereocenters. The molecule has 0 radical (unpaired) electrons. The highest BCUT2D eigenvalue weighted by atomic mass is 79.9. The summed E-state index contributed by atoms with van der Waals surface area (Å²) >= 11 is 3.52. The van der Waals surface area contributed by atoms with Crippen LogP contribution in [-0.2, 0) is 13.1 Å². The number of benzene rings is 1. The van der Waals surface area contributed by atoms with Gasteiger partial charge < -0.3 is 14.6 Å². The summed E-state index contributed by atoms with van der Waals surface area (Å²) in [6.45, 7) is 4.37. The van der Waals surface area contributed by atoms with Gasteiger partial charge in [-0.25, -0.2) is 0 Å². The van der Waals surface area contributed by atoms with E-state index in [4.69, 9.17) is 0 Å². The fraction of sp³-hybridized carbons (Fsp3) is 0.385. The lowest BCUT2D eigenvalue weighted by atomic mass is 10.1. The van der Waals surface area contributed by atoms with Crippen molar-refractivity contribution in [2.24, 2.45) is 0 Å². The first-order chi connectivity index (χ1) is 9.15. The number of halogens is 1. The lowest BCUT2D eigenvalue weighted by Crippen LogP contribution is -2.33. The van der Waals surface area contributed by atoms with Crippen LogP contribution in [0.5, 0.6) is 0 Å². The van der Waals surface area contributed by atoms with E-state index < -0.39 is 6.10 Å². The summed E-state index contributed by atoms with van der Waals surface area (Å²) in [7, 11) is 0. The molecule has 3 rings (SSSR count). The molecule has 5 nitrogen and oxygen atoms in total. The molecule has 2 aromatic rings. The number of aliphatic hydroxyl groups is 1. The second-order valence-electron chi connectivity index (χ2n) is 4.74. The van der Waals surface area contributed by atoms with Crippen molar-refractivity contribution in [1.82, 2.24) is 14.8 Å². The number of nitrogens with zero attached hydrogens (tertiary/aromatic N) is 4. The maximum atomic E-state index is 9.64. The molecule has 0 saturated heterocycles. The molecule has 0 amide bonds. The normalized spacial score (nSPS) is 16.3. The van der Waals surface area contributed by atoms with Gasteiger partial charge in [0.15, 0.2) is 5.82 Å². The zero-order valence-corrected chi connectivity index (χ0v) is 12.2. The van der Waals surface area contributed by atoms with Gasteiger partial charge in [-0.05, 0) is 24.6 Å². The van der Waals surface area contributed by atoms with Gasteiger partial charge in [-0.1, -0.05) is 22.0 Å². The average molecular weight is 323 g/mol. The summed E-state index contributed by atoms with van der Waals surface area (Å²) in [6, 6.07) is 6.05. The van der Waals surface area contributed by atoms with Crippen molar-refractivity contribution >= 4 is 21.6 Å². The van der Waals surface area contributed by atoms with Gasteiger partial charge in [-0.2, -0.15) is 0 Å². The lowest BCUT2D eigenvalue weighted by molar-refractivity contribution is 0.198. The second-order valence-corrected chi connectivity index (χ2v) is 5.60. The third-order valence-corrected chi connectivity index (χ3v) is 4.12. The van der Waals surface area contributed by atoms with Gasteiger partial charge in [-0.15, -0.1) is 10.2 Å². The smallest absolute Gasteiger partial charge is 0.152 e. The van der Waals surface area contributed by atoms with E-state index in [1.807, 2.05) is 18.2 Å². The molecular formula is C13H15BrN4O. The van der Waals surface area contributed by atoms with Crippen LogP contribution in [0.3, 0.4) is 0 Å². The molecule has 1 atom stereocenters. The number of aliphatic hydroxyl groups excluding tert-OH is 1. The Morgan fingerprint density at radius 1 is 1.37 bits per heavy atom. The molecule has 1 aliphatic rings. The van der Waals surface area contributed by atoms with Crippen LogP contribution in [0.2, 0.25) is 0 Å². The molecule has 2 heterocycles. The Balaban J connectivity index is 1.86. The largest absolute Gasteiger partial charge is 0.389 e. The Hall–Kier alpha value is -1.40. The zero-order valence-electron chi connectivity index (χ0n) is 10.6. The number of anilines is 1. The topological polar surface area (TPSA) is 54.2 Å². The van der Waals surface area contributed by atoms with E-state index in [1.54, 1.807) is 13.3 Å². The summed E-state index contributed by atoms with van der Waals surface area (Å²) in [5.74, 6) is 0.988. The van der Waals surface area contributed by atoms with Crippen LogP contribution in [-0.4, -0.2) is 26.4 Å². The first-order valence-corrected chi connectivity index (χ1v) is 7.03. The Morgan fingerprint density at radius 3 is 2.95 bits per heavy atom. The standard InChI is InChI=1S/C13H15BrN4O/c1-9(19)11-3-2-10(6-12(11)14)17-4-5-18-8-15-16-13(18)7-17/h2-3,6,8-9,19H,4-5,7H2,1H3. The van der Waals surface area contributed by atoms with E-state index >= 15 is 0 Å². The van der Waals surface area contributed by atoms with Crippen LogP contribution in [0.25, 0.3) is 0 Å². The molecule has 0 fully saturated rings. The molecule has 6 heteroatoms. The Morgan fingerprint density at radius 2 is 2.21 bits per heavy atom. The van der Waals surface area contributed by atoms with E-state index in [2.05, 4.69) is 35.6 Å². The van der Waals surface area contributed by atoms with Gasteiger partial charge in [0.2, 0.25) is 0 Å². The molecule has 19 heavy (non-hydrogen) atoms. The van der Waals surface area contributed by atoms with Crippen molar-refractivity contribution in [3.8, 4) is 0 Å². The summed E-state index contributed by atoms with van der Waals surface area (Å²) in [4.78, 5) is 2.26. The molecule has 1 aliphatic heterocycles. The number of rotatable bonds is 2. The minimum absolute atomic E-state index is 0.465. The first kappa shape index (κ1) is 12.6. The zero-order chi connectivity index (χ0) is 13.4. The molecule has 0 spiro atoms. The van der Waals surface area contributed by atoms with Crippen LogP contribution >= 0.6 is 15.9 Å². The van der Waals surface area contributed by atoms with Gasteiger partial charge in [0.25, 0.3) is 0 Å². The van der Waals surface area contributed by atoms with Gasteiger partial charge in [0, 0.05) is 23.2 Å². The number of hydrogen-bond acceptors (Lipinski definition) is 4. The minimum Gasteiger partial charge on any atom is -0.389 e. The summed E-state index contributed by atoms with van der Waals surface area (Å²) < 4.78 is 3.02. The summed E-state index contributed by atoms with van der Waals surface area (Å²) in [6.07, 6.45) is 1.31. The van der Waals surface area contributed by atoms with E-state index in [1.165, 1.54) is 0 Å². The molecule has 0 saturated carbocycles. The van der Waals surface area contributed by atoms with Gasteiger partial charge in [0.1, 0.15) is 6.33 Å². The highest BCUT2D eigenvalue weighted by molar-refractivity contribution is 9.10. The van der Waals surface area contributed by atoms with Crippen molar-refractivity contribution in [2.75, 3.05) is 11.4 Å². The van der Waals surface area contributed by atoms with Crippen molar-refractivity contribution in [2.45, 2.75) is 26.1 Å². The highest BCUT2D eigenvalue weighted by Crippen LogP contribution is 2.29. The molecule has 100 valence electrons. The van der Waals surface area contributed by atoms with Crippen LogP contribution in [0.4, 0.5) is 5.69 Å². The number of hydrogen-bond donors (Lipinski definition) is 1. The average Bonchev–Trinajstić information content (AvgIpc) is 2.85. The van der Waals surface area contributed by atoms with Crippen molar-refractivity contribution in [3.63, 3.8) is 0 Å². The van der Waals surface area contributed by atoms with Crippen molar-refractivity contribution in [3.05, 3.63) is 40.4 Å². The van der Waals surface area contributed by atoms with Crippen LogP contribution < -0.4 is 4.90 Å². The molecule has 0 bridgehead atoms. The molecule has 1 N–H and O–H groups in total.